The Kier molecular flexibility index (Phi) is 5.19. The maximum Gasteiger partial charge on any atom is 0.341 e. The van der Waals surface area contributed by atoms with Gasteiger partial charge in [-0.1, -0.05) is 12.1 Å². The number of carboxylic acids is 1. The average molecular weight is 316 g/mol. The zero-order valence-electron chi connectivity index (χ0n) is 12.7. The molecule has 6 nitrogen and oxygen atoms in total. The number of hydrogen-bond donors (Lipinski definition) is 1. The molecular weight excluding hydrogens is 300 g/mol. The van der Waals surface area contributed by atoms with Crippen LogP contribution in [0.3, 0.4) is 0 Å². The first kappa shape index (κ1) is 16.4. The standard InChI is InChI=1S/C17H16O6/c1-3-22-17(20)12-9-8-11(16(18)19)10-15(12)23-14-7-5-4-6-13(14)21-2/h4-10H,3H2,1-2H3,(H,18,19). The lowest BCUT2D eigenvalue weighted by molar-refractivity contribution is 0.0522. The van der Waals surface area contributed by atoms with Crippen molar-refractivity contribution in [3.63, 3.8) is 0 Å². The molecule has 0 spiro atoms. The second-order valence-corrected chi connectivity index (χ2v) is 4.49. The number of carbonyl (C=O) groups excluding carboxylic acids is 1. The van der Waals surface area contributed by atoms with E-state index in [1.807, 2.05) is 0 Å². The summed E-state index contributed by atoms with van der Waals surface area (Å²) in [5.74, 6) is -0.793. The minimum atomic E-state index is -1.12. The van der Waals surface area contributed by atoms with Crippen LogP contribution in [-0.4, -0.2) is 30.8 Å². The number of hydrogen-bond acceptors (Lipinski definition) is 5. The topological polar surface area (TPSA) is 82.1 Å². The Bertz CT molecular complexity index is 723. The lowest BCUT2D eigenvalue weighted by Gasteiger charge is -2.13. The van der Waals surface area contributed by atoms with Crippen LogP contribution in [0.1, 0.15) is 27.6 Å². The molecule has 0 heterocycles. The van der Waals surface area contributed by atoms with Crippen molar-refractivity contribution in [3.8, 4) is 17.2 Å². The van der Waals surface area contributed by atoms with Crippen LogP contribution in [0.25, 0.3) is 0 Å². The van der Waals surface area contributed by atoms with Gasteiger partial charge in [-0.15, -0.1) is 0 Å². The normalized spacial score (nSPS) is 10.0. The zero-order valence-corrected chi connectivity index (χ0v) is 12.7. The molecule has 2 aromatic carbocycles. The van der Waals surface area contributed by atoms with Gasteiger partial charge in [-0.05, 0) is 37.3 Å². The monoisotopic (exact) mass is 316 g/mol. The molecular formula is C17H16O6. The average Bonchev–Trinajstić information content (AvgIpc) is 2.55. The molecule has 0 aromatic heterocycles. The summed E-state index contributed by atoms with van der Waals surface area (Å²) in [5, 5.41) is 9.11. The third kappa shape index (κ3) is 3.79. The summed E-state index contributed by atoms with van der Waals surface area (Å²) in [7, 11) is 1.49. The molecule has 0 radical (unpaired) electrons. The molecule has 120 valence electrons. The molecule has 0 fully saturated rings. The highest BCUT2D eigenvalue weighted by Gasteiger charge is 2.18. The Hall–Kier alpha value is -3.02. The van der Waals surface area contributed by atoms with Gasteiger partial charge in [0, 0.05) is 0 Å². The number of ether oxygens (including phenoxy) is 3. The maximum absolute atomic E-state index is 12.0. The van der Waals surface area contributed by atoms with E-state index < -0.39 is 11.9 Å². The largest absolute Gasteiger partial charge is 0.493 e. The smallest absolute Gasteiger partial charge is 0.341 e. The van der Waals surface area contributed by atoms with Gasteiger partial charge in [-0.2, -0.15) is 0 Å². The van der Waals surface area contributed by atoms with E-state index in [4.69, 9.17) is 19.3 Å². The number of rotatable bonds is 6. The van der Waals surface area contributed by atoms with Gasteiger partial charge in [0.2, 0.25) is 0 Å². The van der Waals surface area contributed by atoms with E-state index in [-0.39, 0.29) is 23.5 Å². The van der Waals surface area contributed by atoms with E-state index in [1.165, 1.54) is 25.3 Å². The Morgan fingerprint density at radius 3 is 2.35 bits per heavy atom. The quantitative estimate of drug-likeness (QED) is 0.823. The molecule has 0 atom stereocenters. The predicted octanol–water partition coefficient (Wildman–Crippen LogP) is 3.36. The van der Waals surface area contributed by atoms with Gasteiger partial charge in [0.1, 0.15) is 11.3 Å². The van der Waals surface area contributed by atoms with E-state index in [1.54, 1.807) is 31.2 Å². The van der Waals surface area contributed by atoms with Crippen LogP contribution < -0.4 is 9.47 Å². The van der Waals surface area contributed by atoms with Crippen molar-refractivity contribution in [2.45, 2.75) is 6.92 Å². The van der Waals surface area contributed by atoms with Crippen LogP contribution >= 0.6 is 0 Å². The van der Waals surface area contributed by atoms with E-state index in [0.717, 1.165) is 0 Å². The Labute approximate surface area is 133 Å². The van der Waals surface area contributed by atoms with Crippen molar-refractivity contribution < 1.29 is 28.9 Å². The summed E-state index contributed by atoms with van der Waals surface area (Å²) in [4.78, 5) is 23.1. The van der Waals surface area contributed by atoms with Crippen molar-refractivity contribution in [2.24, 2.45) is 0 Å². The molecule has 0 aliphatic carbocycles. The van der Waals surface area contributed by atoms with E-state index in [2.05, 4.69) is 0 Å². The van der Waals surface area contributed by atoms with Crippen molar-refractivity contribution in [2.75, 3.05) is 13.7 Å². The van der Waals surface area contributed by atoms with Crippen LogP contribution in [-0.2, 0) is 4.74 Å². The Morgan fingerprint density at radius 1 is 1.04 bits per heavy atom. The number of carbonyl (C=O) groups is 2. The molecule has 0 saturated carbocycles. The minimum Gasteiger partial charge on any atom is -0.493 e. The fourth-order valence-corrected chi connectivity index (χ4v) is 1.94. The van der Waals surface area contributed by atoms with Crippen LogP contribution in [0.4, 0.5) is 0 Å². The summed E-state index contributed by atoms with van der Waals surface area (Å²) < 4.78 is 15.9. The first-order valence-corrected chi connectivity index (χ1v) is 6.92. The van der Waals surface area contributed by atoms with Gasteiger partial charge in [0.05, 0.1) is 19.3 Å². The summed E-state index contributed by atoms with van der Waals surface area (Å²) in [6, 6.07) is 10.8. The summed E-state index contributed by atoms with van der Waals surface area (Å²) in [6.45, 7) is 1.89. The first-order valence-electron chi connectivity index (χ1n) is 6.92. The third-order valence-corrected chi connectivity index (χ3v) is 3.01. The van der Waals surface area contributed by atoms with Crippen LogP contribution in [0.15, 0.2) is 42.5 Å². The molecule has 1 N–H and O–H groups in total. The van der Waals surface area contributed by atoms with Gasteiger partial charge in [-0.3, -0.25) is 0 Å². The van der Waals surface area contributed by atoms with Crippen LogP contribution in [0.2, 0.25) is 0 Å². The number of para-hydroxylation sites is 2. The number of esters is 1. The van der Waals surface area contributed by atoms with Crippen molar-refractivity contribution in [1.82, 2.24) is 0 Å². The highest BCUT2D eigenvalue weighted by atomic mass is 16.5. The molecule has 2 rings (SSSR count). The summed E-state index contributed by atoms with van der Waals surface area (Å²) in [6.07, 6.45) is 0. The zero-order chi connectivity index (χ0) is 16.8. The minimum absolute atomic E-state index is 0.00273. The molecule has 0 unspecified atom stereocenters. The molecule has 2 aromatic rings. The molecule has 0 saturated heterocycles. The fraction of sp³-hybridized carbons (Fsp3) is 0.176. The molecule has 0 aliphatic heterocycles. The molecule has 0 amide bonds. The Balaban J connectivity index is 2.46. The van der Waals surface area contributed by atoms with Gasteiger partial charge in [0.25, 0.3) is 0 Å². The third-order valence-electron chi connectivity index (χ3n) is 3.01. The summed E-state index contributed by atoms with van der Waals surface area (Å²) in [5.41, 5.74) is 0.144. The Morgan fingerprint density at radius 2 is 1.74 bits per heavy atom. The number of aromatic carboxylic acids is 1. The first-order chi connectivity index (χ1) is 11.1. The van der Waals surface area contributed by atoms with Crippen LogP contribution in [0.5, 0.6) is 17.2 Å². The van der Waals surface area contributed by atoms with Gasteiger partial charge < -0.3 is 19.3 Å². The van der Waals surface area contributed by atoms with Crippen LogP contribution in [0, 0.1) is 0 Å². The fourth-order valence-electron chi connectivity index (χ4n) is 1.94. The van der Waals surface area contributed by atoms with Crippen molar-refractivity contribution in [1.29, 1.82) is 0 Å². The van der Waals surface area contributed by atoms with E-state index in [9.17, 15) is 9.59 Å². The molecule has 6 heteroatoms. The highest BCUT2D eigenvalue weighted by Crippen LogP contribution is 2.33. The van der Waals surface area contributed by atoms with E-state index >= 15 is 0 Å². The maximum atomic E-state index is 12.0. The predicted molar refractivity (Wildman–Crippen MR) is 82.4 cm³/mol. The lowest BCUT2D eigenvalue weighted by atomic mass is 10.1. The van der Waals surface area contributed by atoms with Gasteiger partial charge in [0.15, 0.2) is 11.5 Å². The highest BCUT2D eigenvalue weighted by molar-refractivity contribution is 5.95. The van der Waals surface area contributed by atoms with Crippen molar-refractivity contribution >= 4 is 11.9 Å². The van der Waals surface area contributed by atoms with Crippen molar-refractivity contribution in [3.05, 3.63) is 53.6 Å². The van der Waals surface area contributed by atoms with E-state index in [0.29, 0.717) is 11.5 Å². The lowest BCUT2D eigenvalue weighted by Crippen LogP contribution is -2.08. The van der Waals surface area contributed by atoms with Gasteiger partial charge >= 0.3 is 11.9 Å². The second kappa shape index (κ2) is 7.31. The molecule has 23 heavy (non-hydrogen) atoms. The number of carboxylic acid groups (broad SMARTS) is 1. The second-order valence-electron chi connectivity index (χ2n) is 4.49. The molecule has 0 bridgehead atoms. The summed E-state index contributed by atoms with van der Waals surface area (Å²) >= 11 is 0. The molecule has 0 aliphatic rings. The number of benzene rings is 2. The SMILES string of the molecule is CCOC(=O)c1ccc(C(=O)O)cc1Oc1ccccc1OC. The van der Waals surface area contributed by atoms with Gasteiger partial charge in [-0.25, -0.2) is 9.59 Å². The number of methoxy groups -OCH3 is 1.